The molecule has 2 rings (SSSR count). The number of carbonyl (C=O) groups is 1. The fourth-order valence-corrected chi connectivity index (χ4v) is 1.27. The van der Waals surface area contributed by atoms with Crippen molar-refractivity contribution in [3.63, 3.8) is 0 Å². The van der Waals surface area contributed by atoms with Crippen LogP contribution in [0.1, 0.15) is 10.6 Å². The highest BCUT2D eigenvalue weighted by Crippen LogP contribution is 2.14. The second kappa shape index (κ2) is 4.22. The van der Waals surface area contributed by atoms with Crippen molar-refractivity contribution in [2.24, 2.45) is 0 Å². The molecule has 0 atom stereocenters. The van der Waals surface area contributed by atoms with Gasteiger partial charge in [-0.2, -0.15) is 0 Å². The number of halogens is 1. The lowest BCUT2D eigenvalue weighted by molar-refractivity contribution is 0.0994. The molecule has 0 aliphatic carbocycles. The topological polar surface area (TPSA) is 68.0 Å². The number of hydrogen-bond donors (Lipinski definition) is 1. The lowest BCUT2D eigenvalue weighted by Crippen LogP contribution is -2.12. The number of anilines is 1. The summed E-state index contributed by atoms with van der Waals surface area (Å²) in [4.78, 5) is 19.2. The van der Waals surface area contributed by atoms with Crippen molar-refractivity contribution >= 4 is 27.8 Å². The summed E-state index contributed by atoms with van der Waals surface area (Å²) >= 11 is 3.11. The van der Waals surface area contributed by atoms with Crippen LogP contribution in [0, 0.1) is 0 Å². The van der Waals surface area contributed by atoms with E-state index < -0.39 is 0 Å². The van der Waals surface area contributed by atoms with E-state index >= 15 is 0 Å². The van der Waals surface area contributed by atoms with E-state index in [1.807, 2.05) is 0 Å². The van der Waals surface area contributed by atoms with Gasteiger partial charge in [-0.3, -0.25) is 10.1 Å². The third-order valence-electron chi connectivity index (χ3n) is 1.59. The highest BCUT2D eigenvalue weighted by molar-refractivity contribution is 9.10. The molecule has 1 amide bonds. The first-order valence-electron chi connectivity index (χ1n) is 4.09. The monoisotopic (exact) mass is 267 g/mol. The Balaban J connectivity index is 2.11. The maximum atomic E-state index is 11.5. The van der Waals surface area contributed by atoms with Gasteiger partial charge in [-0.1, -0.05) is 0 Å². The predicted molar refractivity (Wildman–Crippen MR) is 56.4 cm³/mol. The first-order valence-corrected chi connectivity index (χ1v) is 4.89. The number of hydrogen-bond acceptors (Lipinski definition) is 4. The van der Waals surface area contributed by atoms with Gasteiger partial charge in [0.1, 0.15) is 0 Å². The Kier molecular flexibility index (Phi) is 2.77. The van der Waals surface area contributed by atoms with Gasteiger partial charge < -0.3 is 4.42 Å². The Morgan fingerprint density at radius 3 is 2.67 bits per heavy atom. The van der Waals surface area contributed by atoms with E-state index in [0.29, 0.717) is 4.67 Å². The van der Waals surface area contributed by atoms with Gasteiger partial charge >= 0.3 is 0 Å². The summed E-state index contributed by atoms with van der Waals surface area (Å²) in [5.41, 5.74) is 0. The molecule has 0 aromatic carbocycles. The number of furan rings is 1. The van der Waals surface area contributed by atoms with Crippen LogP contribution in [-0.2, 0) is 0 Å². The highest BCUT2D eigenvalue weighted by Gasteiger charge is 2.11. The van der Waals surface area contributed by atoms with Gasteiger partial charge in [0, 0.05) is 12.4 Å². The molecular weight excluding hydrogens is 262 g/mol. The fraction of sp³-hybridized carbons (Fsp3) is 0. The van der Waals surface area contributed by atoms with Crippen LogP contribution < -0.4 is 5.32 Å². The molecule has 0 fully saturated rings. The first kappa shape index (κ1) is 9.85. The third kappa shape index (κ3) is 2.41. The number of carbonyl (C=O) groups excluding carboxylic acids is 1. The summed E-state index contributed by atoms with van der Waals surface area (Å²) < 4.78 is 5.57. The molecule has 0 saturated carbocycles. The molecule has 15 heavy (non-hydrogen) atoms. The number of nitrogens with zero attached hydrogens (tertiary/aromatic N) is 2. The van der Waals surface area contributed by atoms with Crippen LogP contribution in [0.3, 0.4) is 0 Å². The zero-order valence-electron chi connectivity index (χ0n) is 7.48. The maximum absolute atomic E-state index is 11.5. The van der Waals surface area contributed by atoms with Crippen LogP contribution in [0.25, 0.3) is 0 Å². The van der Waals surface area contributed by atoms with E-state index in [1.54, 1.807) is 30.6 Å². The number of amides is 1. The van der Waals surface area contributed by atoms with E-state index in [0.717, 1.165) is 0 Å². The summed E-state index contributed by atoms with van der Waals surface area (Å²) in [5.74, 6) is 0.0660. The molecule has 0 bridgehead atoms. The molecule has 6 heteroatoms. The molecule has 5 nitrogen and oxygen atoms in total. The minimum atomic E-state index is -0.382. The third-order valence-corrected chi connectivity index (χ3v) is 2.01. The Labute approximate surface area is 93.7 Å². The molecule has 2 heterocycles. The van der Waals surface area contributed by atoms with Gasteiger partial charge in [0.2, 0.25) is 5.95 Å². The molecule has 0 aliphatic heterocycles. The van der Waals surface area contributed by atoms with E-state index in [4.69, 9.17) is 4.42 Å². The van der Waals surface area contributed by atoms with Crippen molar-refractivity contribution in [2.75, 3.05) is 5.32 Å². The smallest absolute Gasteiger partial charge is 0.293 e. The minimum absolute atomic E-state index is 0.203. The average Bonchev–Trinajstić information content (AvgIpc) is 2.66. The summed E-state index contributed by atoms with van der Waals surface area (Å²) in [7, 11) is 0. The van der Waals surface area contributed by atoms with E-state index in [9.17, 15) is 4.79 Å². The van der Waals surface area contributed by atoms with Gasteiger partial charge in [-0.05, 0) is 34.1 Å². The molecule has 1 N–H and O–H groups in total. The highest BCUT2D eigenvalue weighted by atomic mass is 79.9. The van der Waals surface area contributed by atoms with Crippen molar-refractivity contribution in [2.45, 2.75) is 0 Å². The van der Waals surface area contributed by atoms with Crippen LogP contribution in [0.15, 0.2) is 39.7 Å². The molecule has 2 aromatic heterocycles. The standard InChI is InChI=1S/C9H6BrN3O2/c10-7-3-2-6(15-7)8(14)13-9-11-4-1-5-12-9/h1-5H,(H,11,12,13,14). The van der Waals surface area contributed by atoms with E-state index in [1.165, 1.54) is 0 Å². The van der Waals surface area contributed by atoms with Crippen LogP contribution >= 0.6 is 15.9 Å². The van der Waals surface area contributed by atoms with Crippen molar-refractivity contribution in [3.05, 3.63) is 41.0 Å². The Morgan fingerprint density at radius 2 is 2.07 bits per heavy atom. The summed E-state index contributed by atoms with van der Waals surface area (Å²) in [5, 5.41) is 2.50. The maximum Gasteiger partial charge on any atom is 0.293 e. The molecule has 0 saturated heterocycles. The van der Waals surface area contributed by atoms with Gasteiger partial charge in [0.05, 0.1) is 0 Å². The molecule has 76 valence electrons. The molecule has 0 aliphatic rings. The zero-order valence-corrected chi connectivity index (χ0v) is 9.06. The van der Waals surface area contributed by atoms with Crippen LogP contribution in [0.2, 0.25) is 0 Å². The van der Waals surface area contributed by atoms with Crippen molar-refractivity contribution < 1.29 is 9.21 Å². The van der Waals surface area contributed by atoms with Crippen molar-refractivity contribution in [3.8, 4) is 0 Å². The van der Waals surface area contributed by atoms with E-state index in [-0.39, 0.29) is 17.6 Å². The molecule has 0 radical (unpaired) electrons. The van der Waals surface area contributed by atoms with Crippen LogP contribution in [-0.4, -0.2) is 15.9 Å². The van der Waals surface area contributed by atoms with Gasteiger partial charge in [0.25, 0.3) is 5.91 Å². The lowest BCUT2D eigenvalue weighted by atomic mass is 10.4. The van der Waals surface area contributed by atoms with Crippen molar-refractivity contribution in [1.82, 2.24) is 9.97 Å². The minimum Gasteiger partial charge on any atom is -0.444 e. The van der Waals surface area contributed by atoms with Gasteiger partial charge in [-0.25, -0.2) is 9.97 Å². The quantitative estimate of drug-likeness (QED) is 0.905. The zero-order chi connectivity index (χ0) is 10.7. The molecule has 0 unspecified atom stereocenters. The largest absolute Gasteiger partial charge is 0.444 e. The second-order valence-corrected chi connectivity index (χ2v) is 3.41. The lowest BCUT2D eigenvalue weighted by Gasteiger charge is -1.99. The first-order chi connectivity index (χ1) is 7.25. The molecular formula is C9H6BrN3O2. The summed E-state index contributed by atoms with van der Waals surface area (Å²) in [6.45, 7) is 0. The SMILES string of the molecule is O=C(Nc1ncccn1)c1ccc(Br)o1. The Morgan fingerprint density at radius 1 is 1.33 bits per heavy atom. The van der Waals surface area contributed by atoms with Gasteiger partial charge in [-0.15, -0.1) is 0 Å². The van der Waals surface area contributed by atoms with E-state index in [2.05, 4.69) is 31.2 Å². The Hall–Kier alpha value is -1.69. The Bertz CT molecular complexity index is 469. The fourth-order valence-electron chi connectivity index (χ4n) is 0.963. The van der Waals surface area contributed by atoms with Crippen LogP contribution in [0.5, 0.6) is 0 Å². The number of rotatable bonds is 2. The normalized spacial score (nSPS) is 9.93. The average molecular weight is 268 g/mol. The van der Waals surface area contributed by atoms with Crippen LogP contribution in [0.4, 0.5) is 5.95 Å². The number of aromatic nitrogens is 2. The molecule has 2 aromatic rings. The summed E-state index contributed by atoms with van der Waals surface area (Å²) in [6, 6.07) is 4.86. The predicted octanol–water partition coefficient (Wildman–Crippen LogP) is 2.08. The number of nitrogens with one attached hydrogen (secondary N) is 1. The summed E-state index contributed by atoms with van der Waals surface area (Å²) in [6.07, 6.45) is 3.08. The molecule has 0 spiro atoms. The van der Waals surface area contributed by atoms with Gasteiger partial charge in [0.15, 0.2) is 10.4 Å². The van der Waals surface area contributed by atoms with Crippen molar-refractivity contribution in [1.29, 1.82) is 0 Å². The second-order valence-electron chi connectivity index (χ2n) is 2.63.